The van der Waals surface area contributed by atoms with Crippen LogP contribution in [0.4, 0.5) is 5.69 Å². The van der Waals surface area contributed by atoms with Crippen molar-refractivity contribution in [2.24, 2.45) is 0 Å². The van der Waals surface area contributed by atoms with Crippen LogP contribution >= 0.6 is 8.16 Å². The van der Waals surface area contributed by atoms with Crippen molar-refractivity contribution in [1.82, 2.24) is 0 Å². The second kappa shape index (κ2) is 9.89. The Kier molecular flexibility index (Phi) is 5.76. The summed E-state index contributed by atoms with van der Waals surface area (Å²) in [6.07, 6.45) is 0. The third-order valence-electron chi connectivity index (χ3n) is 7.79. The lowest BCUT2D eigenvalue weighted by molar-refractivity contribution is 0.632. The van der Waals surface area contributed by atoms with Crippen molar-refractivity contribution in [1.29, 1.82) is 0 Å². The van der Waals surface area contributed by atoms with Gasteiger partial charge in [-0.2, -0.15) is 0 Å². The number of hydrogen-bond acceptors (Lipinski definition) is 3. The van der Waals surface area contributed by atoms with E-state index in [-0.39, 0.29) is 0 Å². The molecule has 0 aliphatic rings. The fourth-order valence-electron chi connectivity index (χ4n) is 5.79. The molecule has 0 N–H and O–H groups in total. The van der Waals surface area contributed by atoms with Crippen molar-refractivity contribution in [3.8, 4) is 0 Å². The molecule has 0 aliphatic carbocycles. The number of benzene rings is 7. The Hall–Kier alpha value is -4.98. The molecular weight excluding hydrogens is 521 g/mol. The van der Waals surface area contributed by atoms with Gasteiger partial charge in [0.25, 0.3) is 0 Å². The standard InChI is InChI=1S/C37H26NO2P/c1-2-10-26(11-3-1)25-38(31-21-18-27-12-4-5-15-30(27)24-31)41-39-34-22-19-28-13-6-8-16-32(28)36(34)37-33-17-9-7-14-29(33)20-23-35(37)40-41/h1-24H,25H2. The van der Waals surface area contributed by atoms with Gasteiger partial charge < -0.3 is 8.39 Å². The highest BCUT2D eigenvalue weighted by Crippen LogP contribution is 2.45. The third kappa shape index (κ3) is 4.23. The van der Waals surface area contributed by atoms with Gasteiger partial charge in [-0.3, -0.25) is 4.67 Å². The van der Waals surface area contributed by atoms with Crippen LogP contribution in [0.15, 0.2) is 154 Å². The molecule has 1 heterocycles. The molecule has 0 aliphatic heterocycles. The highest BCUT2D eigenvalue weighted by Gasteiger charge is 2.19. The Morgan fingerprint density at radius 1 is 0.463 bits per heavy atom. The van der Waals surface area contributed by atoms with Crippen LogP contribution in [0.3, 0.4) is 0 Å². The summed E-state index contributed by atoms with van der Waals surface area (Å²) >= 11 is 0. The molecule has 0 atom stereocenters. The van der Waals surface area contributed by atoms with Crippen LogP contribution < -0.4 is 4.67 Å². The van der Waals surface area contributed by atoms with Crippen molar-refractivity contribution in [3.63, 3.8) is 0 Å². The lowest BCUT2D eigenvalue weighted by Gasteiger charge is -2.21. The van der Waals surface area contributed by atoms with Crippen LogP contribution in [-0.4, -0.2) is 0 Å². The molecule has 8 aromatic rings. The van der Waals surface area contributed by atoms with E-state index < -0.39 is 8.16 Å². The van der Waals surface area contributed by atoms with E-state index >= 15 is 0 Å². The minimum Gasteiger partial charge on any atom is -0.404 e. The summed E-state index contributed by atoms with van der Waals surface area (Å²) in [7, 11) is -1.57. The zero-order valence-corrected chi connectivity index (χ0v) is 23.2. The Labute approximate surface area is 238 Å². The monoisotopic (exact) mass is 547 g/mol. The van der Waals surface area contributed by atoms with E-state index in [1.165, 1.54) is 27.1 Å². The summed E-state index contributed by atoms with van der Waals surface area (Å²) in [5.41, 5.74) is 3.93. The van der Waals surface area contributed by atoms with Crippen LogP contribution in [-0.2, 0) is 6.54 Å². The van der Waals surface area contributed by atoms with Gasteiger partial charge in [0.1, 0.15) is 11.2 Å². The number of rotatable bonds is 4. The number of anilines is 1. The van der Waals surface area contributed by atoms with Gasteiger partial charge >= 0.3 is 8.16 Å². The Balaban J connectivity index is 1.48. The van der Waals surface area contributed by atoms with Gasteiger partial charge in [-0.15, -0.1) is 0 Å². The lowest BCUT2D eigenvalue weighted by Crippen LogP contribution is -2.12. The molecule has 1 aromatic heterocycles. The number of fused-ring (bicyclic) bond motifs is 8. The number of nitrogens with zero attached hydrogens (tertiary/aromatic N) is 1. The average Bonchev–Trinajstić information content (AvgIpc) is 3.21. The summed E-state index contributed by atoms with van der Waals surface area (Å²) in [6.45, 7) is 0.650. The van der Waals surface area contributed by atoms with Crippen molar-refractivity contribution >= 4 is 68.1 Å². The largest absolute Gasteiger partial charge is 0.404 e. The summed E-state index contributed by atoms with van der Waals surface area (Å²) < 4.78 is 16.2. The normalized spacial score (nSPS) is 11.5. The molecule has 0 bridgehead atoms. The smallest absolute Gasteiger partial charge is 0.341 e. The van der Waals surface area contributed by atoms with Gasteiger partial charge in [0, 0.05) is 10.8 Å². The highest BCUT2D eigenvalue weighted by atomic mass is 31.1. The van der Waals surface area contributed by atoms with E-state index in [1.807, 2.05) is 0 Å². The third-order valence-corrected chi connectivity index (χ3v) is 9.26. The van der Waals surface area contributed by atoms with E-state index in [2.05, 4.69) is 150 Å². The van der Waals surface area contributed by atoms with Crippen LogP contribution in [0.1, 0.15) is 5.56 Å². The molecule has 8 rings (SSSR count). The fraction of sp³-hybridized carbons (Fsp3) is 0.0270. The summed E-state index contributed by atoms with van der Waals surface area (Å²) in [5.74, 6) is 0. The zero-order valence-electron chi connectivity index (χ0n) is 22.3. The second-order valence-corrected chi connectivity index (χ2v) is 11.6. The minimum atomic E-state index is -1.57. The van der Waals surface area contributed by atoms with Crippen molar-refractivity contribution in [3.05, 3.63) is 151 Å². The lowest BCUT2D eigenvalue weighted by atomic mass is 9.99. The van der Waals surface area contributed by atoms with Crippen molar-refractivity contribution < 1.29 is 8.39 Å². The Morgan fingerprint density at radius 2 is 0.976 bits per heavy atom. The minimum absolute atomic E-state index is 0.650. The first-order valence-corrected chi connectivity index (χ1v) is 14.9. The Morgan fingerprint density at radius 3 is 1.61 bits per heavy atom. The molecule has 196 valence electrons. The highest BCUT2D eigenvalue weighted by molar-refractivity contribution is 7.39. The number of hydrogen-bond donors (Lipinski definition) is 0. The van der Waals surface area contributed by atoms with Gasteiger partial charge in [-0.1, -0.05) is 121 Å². The first-order chi connectivity index (χ1) is 20.3. The molecule has 0 unspecified atom stereocenters. The molecule has 0 saturated heterocycles. The molecule has 0 spiro atoms. The average molecular weight is 548 g/mol. The van der Waals surface area contributed by atoms with E-state index in [0.29, 0.717) is 6.54 Å². The zero-order chi connectivity index (χ0) is 27.2. The van der Waals surface area contributed by atoms with Crippen LogP contribution in [0.2, 0.25) is 0 Å². The topological polar surface area (TPSA) is 29.5 Å². The van der Waals surface area contributed by atoms with E-state index in [1.54, 1.807) is 0 Å². The van der Waals surface area contributed by atoms with Gasteiger partial charge in [0.2, 0.25) is 0 Å². The maximum Gasteiger partial charge on any atom is 0.341 e. The fourth-order valence-corrected chi connectivity index (χ4v) is 7.26. The van der Waals surface area contributed by atoms with E-state index in [0.717, 1.165) is 38.4 Å². The van der Waals surface area contributed by atoms with E-state index in [4.69, 9.17) is 8.39 Å². The summed E-state index contributed by atoms with van der Waals surface area (Å²) in [5, 5.41) is 9.22. The maximum atomic E-state index is 6.97. The van der Waals surface area contributed by atoms with Gasteiger partial charge in [0.15, 0.2) is 0 Å². The molecule has 3 nitrogen and oxygen atoms in total. The summed E-state index contributed by atoms with van der Waals surface area (Å²) in [6, 6.07) is 51.1. The maximum absolute atomic E-state index is 6.97. The Bertz CT molecular complexity index is 2160. The quantitative estimate of drug-likeness (QED) is 0.219. The van der Waals surface area contributed by atoms with Crippen LogP contribution in [0.25, 0.3) is 54.3 Å². The predicted molar refractivity (Wildman–Crippen MR) is 173 cm³/mol. The van der Waals surface area contributed by atoms with Gasteiger partial charge in [-0.05, 0) is 62.1 Å². The van der Waals surface area contributed by atoms with E-state index in [9.17, 15) is 0 Å². The molecule has 4 heteroatoms. The first kappa shape index (κ1) is 23.9. The predicted octanol–water partition coefficient (Wildman–Crippen LogP) is 11.2. The summed E-state index contributed by atoms with van der Waals surface area (Å²) in [4.78, 5) is 0. The molecule has 0 fully saturated rings. The molecule has 7 aromatic carbocycles. The van der Waals surface area contributed by atoms with Crippen molar-refractivity contribution in [2.75, 3.05) is 4.67 Å². The molecule has 0 saturated carbocycles. The van der Waals surface area contributed by atoms with Crippen molar-refractivity contribution in [2.45, 2.75) is 6.54 Å². The second-order valence-electron chi connectivity index (χ2n) is 10.3. The molecule has 0 radical (unpaired) electrons. The molecular formula is C37H26NO2P. The SMILES string of the molecule is c1ccc(CN(c2ccc3ccccc3c2)p2oc3ccc4ccccc4c3c3c(ccc4ccccc43)o2)cc1. The van der Waals surface area contributed by atoms with Crippen LogP contribution in [0.5, 0.6) is 0 Å². The van der Waals surface area contributed by atoms with Crippen LogP contribution in [0, 0.1) is 0 Å². The first-order valence-electron chi connectivity index (χ1n) is 13.8. The van der Waals surface area contributed by atoms with Gasteiger partial charge in [0.05, 0.1) is 12.2 Å². The molecule has 41 heavy (non-hydrogen) atoms. The molecule has 0 amide bonds. The van der Waals surface area contributed by atoms with Gasteiger partial charge in [-0.25, -0.2) is 0 Å².